The van der Waals surface area contributed by atoms with E-state index in [4.69, 9.17) is 4.74 Å². The van der Waals surface area contributed by atoms with E-state index in [0.29, 0.717) is 16.9 Å². The van der Waals surface area contributed by atoms with Crippen molar-refractivity contribution < 1.29 is 4.74 Å². The molecule has 4 heteroatoms. The summed E-state index contributed by atoms with van der Waals surface area (Å²) in [7, 11) is 0. The number of nitrogens with zero attached hydrogens (tertiary/aromatic N) is 3. The lowest BCUT2D eigenvalue weighted by atomic mass is 9.95. The Morgan fingerprint density at radius 1 is 0.739 bits per heavy atom. The van der Waals surface area contributed by atoms with Gasteiger partial charge in [0.2, 0.25) is 0 Å². The van der Waals surface area contributed by atoms with E-state index in [1.54, 1.807) is 0 Å². The standard InChI is InChI=1S/C19H39N3O/c1-18(2,3)15-21-9-7-20(8-10-21)13-17-14-22(11-12-23-17)16-19(4,5)6/h17H,7-16H2,1-6H3. The number of rotatable bonds is 4. The smallest absolute Gasteiger partial charge is 0.0829 e. The van der Waals surface area contributed by atoms with Crippen LogP contribution < -0.4 is 0 Å². The molecule has 0 saturated carbocycles. The van der Waals surface area contributed by atoms with Gasteiger partial charge in [-0.05, 0) is 10.8 Å². The maximum atomic E-state index is 6.04. The van der Waals surface area contributed by atoms with Gasteiger partial charge in [0.25, 0.3) is 0 Å². The molecule has 0 amide bonds. The molecule has 1 unspecified atom stereocenters. The van der Waals surface area contributed by atoms with Crippen LogP contribution in [0.3, 0.4) is 0 Å². The Hall–Kier alpha value is -0.160. The van der Waals surface area contributed by atoms with Crippen LogP contribution in [0.4, 0.5) is 0 Å². The maximum Gasteiger partial charge on any atom is 0.0829 e. The van der Waals surface area contributed by atoms with Gasteiger partial charge in [0.05, 0.1) is 12.7 Å². The molecule has 0 spiro atoms. The first-order valence-electron chi connectivity index (χ1n) is 9.39. The molecule has 2 aliphatic rings. The van der Waals surface area contributed by atoms with E-state index in [1.807, 2.05) is 0 Å². The van der Waals surface area contributed by atoms with Gasteiger partial charge in [-0.2, -0.15) is 0 Å². The van der Waals surface area contributed by atoms with Crippen molar-refractivity contribution in [2.75, 3.05) is 65.5 Å². The van der Waals surface area contributed by atoms with E-state index < -0.39 is 0 Å². The lowest BCUT2D eigenvalue weighted by molar-refractivity contribution is -0.0556. The van der Waals surface area contributed by atoms with Gasteiger partial charge in [0.1, 0.15) is 0 Å². The van der Waals surface area contributed by atoms with Crippen molar-refractivity contribution in [3.63, 3.8) is 0 Å². The summed E-state index contributed by atoms with van der Waals surface area (Å²) < 4.78 is 6.04. The molecule has 2 heterocycles. The minimum atomic E-state index is 0.375. The molecule has 2 aliphatic heterocycles. The third-order valence-electron chi connectivity index (χ3n) is 4.55. The van der Waals surface area contributed by atoms with Crippen LogP contribution >= 0.6 is 0 Å². The zero-order chi connectivity index (χ0) is 17.1. The highest BCUT2D eigenvalue weighted by molar-refractivity contribution is 4.81. The predicted molar refractivity (Wildman–Crippen MR) is 98.0 cm³/mol. The first-order chi connectivity index (χ1) is 10.6. The number of piperazine rings is 1. The van der Waals surface area contributed by atoms with Crippen LogP contribution in [-0.4, -0.2) is 86.3 Å². The van der Waals surface area contributed by atoms with E-state index in [9.17, 15) is 0 Å². The molecule has 0 bridgehead atoms. The van der Waals surface area contributed by atoms with Crippen molar-refractivity contribution in [2.45, 2.75) is 47.6 Å². The lowest BCUT2D eigenvalue weighted by Crippen LogP contribution is -2.54. The van der Waals surface area contributed by atoms with Gasteiger partial charge in [0, 0.05) is 58.9 Å². The van der Waals surface area contributed by atoms with Gasteiger partial charge in [0.15, 0.2) is 0 Å². The molecule has 0 aromatic carbocycles. The Morgan fingerprint density at radius 2 is 1.26 bits per heavy atom. The van der Waals surface area contributed by atoms with Gasteiger partial charge >= 0.3 is 0 Å². The second-order valence-corrected chi connectivity index (χ2v) is 9.93. The van der Waals surface area contributed by atoms with Crippen molar-refractivity contribution in [2.24, 2.45) is 10.8 Å². The van der Waals surface area contributed by atoms with Crippen molar-refractivity contribution >= 4 is 0 Å². The molecular weight excluding hydrogens is 286 g/mol. The van der Waals surface area contributed by atoms with Crippen LogP contribution in [-0.2, 0) is 4.74 Å². The van der Waals surface area contributed by atoms with Gasteiger partial charge in [-0.3, -0.25) is 9.80 Å². The average molecular weight is 326 g/mol. The van der Waals surface area contributed by atoms with Crippen LogP contribution in [0.25, 0.3) is 0 Å². The van der Waals surface area contributed by atoms with E-state index in [2.05, 4.69) is 56.2 Å². The molecule has 136 valence electrons. The van der Waals surface area contributed by atoms with Crippen LogP contribution in [0.5, 0.6) is 0 Å². The Morgan fingerprint density at radius 3 is 1.83 bits per heavy atom. The van der Waals surface area contributed by atoms with Crippen molar-refractivity contribution in [1.29, 1.82) is 0 Å². The van der Waals surface area contributed by atoms with Gasteiger partial charge in [-0.1, -0.05) is 41.5 Å². The maximum absolute atomic E-state index is 6.04. The fourth-order valence-electron chi connectivity index (χ4n) is 3.79. The van der Waals surface area contributed by atoms with Crippen LogP contribution in [0.1, 0.15) is 41.5 Å². The van der Waals surface area contributed by atoms with E-state index >= 15 is 0 Å². The van der Waals surface area contributed by atoms with Crippen LogP contribution in [0, 0.1) is 10.8 Å². The summed E-state index contributed by atoms with van der Waals surface area (Å²) in [4.78, 5) is 7.80. The Labute approximate surface area is 144 Å². The van der Waals surface area contributed by atoms with Gasteiger partial charge in [-0.25, -0.2) is 0 Å². The summed E-state index contributed by atoms with van der Waals surface area (Å²) in [6.07, 6.45) is 0.389. The average Bonchev–Trinajstić information content (AvgIpc) is 2.38. The second-order valence-electron chi connectivity index (χ2n) is 9.93. The van der Waals surface area contributed by atoms with Crippen molar-refractivity contribution in [1.82, 2.24) is 14.7 Å². The summed E-state index contributed by atoms with van der Waals surface area (Å²) in [5.74, 6) is 0. The third-order valence-corrected chi connectivity index (χ3v) is 4.55. The lowest BCUT2D eigenvalue weighted by Gasteiger charge is -2.41. The Balaban J connectivity index is 1.71. The van der Waals surface area contributed by atoms with E-state index in [1.165, 1.54) is 39.3 Å². The summed E-state index contributed by atoms with van der Waals surface area (Å²) in [6, 6.07) is 0. The Bertz CT molecular complexity index is 351. The number of ether oxygens (including phenoxy) is 1. The molecule has 0 aromatic rings. The normalized spacial score (nSPS) is 26.6. The molecule has 2 fully saturated rings. The van der Waals surface area contributed by atoms with Crippen LogP contribution in [0.15, 0.2) is 0 Å². The van der Waals surface area contributed by atoms with Gasteiger partial charge in [-0.15, -0.1) is 0 Å². The molecule has 23 heavy (non-hydrogen) atoms. The SMILES string of the molecule is CC(C)(C)CN1CCN(CC2CN(CC(C)(C)C)CCO2)CC1. The number of hydrogen-bond acceptors (Lipinski definition) is 4. The molecule has 0 aromatic heterocycles. The minimum Gasteiger partial charge on any atom is -0.374 e. The Kier molecular flexibility index (Phi) is 6.51. The van der Waals surface area contributed by atoms with Crippen LogP contribution in [0.2, 0.25) is 0 Å². The van der Waals surface area contributed by atoms with Gasteiger partial charge < -0.3 is 9.64 Å². The van der Waals surface area contributed by atoms with Crippen molar-refractivity contribution in [3.8, 4) is 0 Å². The second kappa shape index (κ2) is 7.81. The monoisotopic (exact) mass is 325 g/mol. The molecule has 1 atom stereocenters. The zero-order valence-electron chi connectivity index (χ0n) is 16.4. The topological polar surface area (TPSA) is 19.0 Å². The largest absolute Gasteiger partial charge is 0.374 e. The number of hydrogen-bond donors (Lipinski definition) is 0. The fraction of sp³-hybridized carbons (Fsp3) is 1.00. The third kappa shape index (κ3) is 7.51. The quantitative estimate of drug-likeness (QED) is 0.790. The predicted octanol–water partition coefficient (Wildman–Crippen LogP) is 2.40. The summed E-state index contributed by atoms with van der Waals surface area (Å²) in [6.45, 7) is 25.3. The summed E-state index contributed by atoms with van der Waals surface area (Å²) in [5.41, 5.74) is 0.780. The molecular formula is C19H39N3O. The summed E-state index contributed by atoms with van der Waals surface area (Å²) in [5, 5.41) is 0. The highest BCUT2D eigenvalue weighted by Gasteiger charge is 2.27. The van der Waals surface area contributed by atoms with E-state index in [-0.39, 0.29) is 0 Å². The highest BCUT2D eigenvalue weighted by Crippen LogP contribution is 2.19. The highest BCUT2D eigenvalue weighted by atomic mass is 16.5. The zero-order valence-corrected chi connectivity index (χ0v) is 16.4. The first-order valence-corrected chi connectivity index (χ1v) is 9.39. The molecule has 2 rings (SSSR count). The molecule has 4 nitrogen and oxygen atoms in total. The molecule has 0 N–H and O–H groups in total. The number of morpholine rings is 1. The van der Waals surface area contributed by atoms with Crippen molar-refractivity contribution in [3.05, 3.63) is 0 Å². The summed E-state index contributed by atoms with van der Waals surface area (Å²) >= 11 is 0. The first kappa shape index (κ1) is 19.2. The minimum absolute atomic E-state index is 0.375. The fourth-order valence-corrected chi connectivity index (χ4v) is 3.79. The molecule has 0 aliphatic carbocycles. The molecule has 2 saturated heterocycles. The molecule has 0 radical (unpaired) electrons. The van der Waals surface area contributed by atoms with E-state index in [0.717, 1.165) is 26.2 Å².